The molecule has 3 aromatic rings. The molecule has 1 aromatic carbocycles. The van der Waals surface area contributed by atoms with Crippen molar-refractivity contribution in [3.8, 4) is 5.75 Å². The number of rotatable bonds is 8. The summed E-state index contributed by atoms with van der Waals surface area (Å²) in [7, 11) is -3.65. The highest BCUT2D eigenvalue weighted by atomic mass is 32.2. The lowest BCUT2D eigenvalue weighted by Gasteiger charge is -2.13. The average Bonchev–Trinajstić information content (AvgIpc) is 3.34. The molecular weight excluding hydrogens is 414 g/mol. The summed E-state index contributed by atoms with van der Waals surface area (Å²) in [5.41, 5.74) is 1.58. The van der Waals surface area contributed by atoms with Crippen molar-refractivity contribution in [3.05, 3.63) is 67.5 Å². The summed E-state index contributed by atoms with van der Waals surface area (Å²) < 4.78 is 33.7. The first-order chi connectivity index (χ1) is 13.3. The molecule has 5 nitrogen and oxygen atoms in total. The Labute approximate surface area is 173 Å². The lowest BCUT2D eigenvalue weighted by atomic mass is 10.1. The van der Waals surface area contributed by atoms with Crippen molar-refractivity contribution in [3.63, 3.8) is 0 Å². The number of aliphatic hydroxyl groups is 1. The minimum absolute atomic E-state index is 0.176. The maximum Gasteiger partial charge on any atom is 0.240 e. The second kappa shape index (κ2) is 8.75. The van der Waals surface area contributed by atoms with Gasteiger partial charge in [-0.25, -0.2) is 13.1 Å². The van der Waals surface area contributed by atoms with Gasteiger partial charge in [0, 0.05) is 21.2 Å². The maximum absolute atomic E-state index is 12.7. The largest absolute Gasteiger partial charge is 0.493 e. The third kappa shape index (κ3) is 4.64. The second-order valence-electron chi connectivity index (χ2n) is 6.37. The minimum atomic E-state index is -3.65. The molecule has 150 valence electrons. The van der Waals surface area contributed by atoms with E-state index < -0.39 is 16.1 Å². The zero-order valence-electron chi connectivity index (χ0n) is 15.9. The molecule has 1 atom stereocenters. The summed E-state index contributed by atoms with van der Waals surface area (Å²) in [6, 6.07) is 10.7. The smallest absolute Gasteiger partial charge is 0.240 e. The van der Waals surface area contributed by atoms with Gasteiger partial charge in [-0.1, -0.05) is 6.07 Å². The van der Waals surface area contributed by atoms with Gasteiger partial charge in [-0.3, -0.25) is 0 Å². The first kappa shape index (κ1) is 21.0. The third-order valence-electron chi connectivity index (χ3n) is 4.23. The van der Waals surface area contributed by atoms with Gasteiger partial charge in [-0.2, -0.15) is 0 Å². The van der Waals surface area contributed by atoms with Crippen LogP contribution in [0, 0.1) is 13.8 Å². The Morgan fingerprint density at radius 2 is 1.86 bits per heavy atom. The van der Waals surface area contributed by atoms with Gasteiger partial charge in [0.25, 0.3) is 0 Å². The van der Waals surface area contributed by atoms with Crippen LogP contribution in [0.1, 0.15) is 38.8 Å². The quantitative estimate of drug-likeness (QED) is 0.548. The first-order valence-corrected chi connectivity index (χ1v) is 12.0. The summed E-state index contributed by atoms with van der Waals surface area (Å²) in [6.07, 6.45) is -0.674. The van der Waals surface area contributed by atoms with Crippen LogP contribution < -0.4 is 9.46 Å². The number of ether oxygens (including phenoxy) is 1. The monoisotopic (exact) mass is 437 g/mol. The molecule has 0 spiro atoms. The maximum atomic E-state index is 12.7. The highest BCUT2D eigenvalue weighted by molar-refractivity contribution is 7.89. The molecule has 28 heavy (non-hydrogen) atoms. The molecular formula is C20H23NO4S3. The molecule has 0 amide bonds. The molecule has 2 aromatic heterocycles. The van der Waals surface area contributed by atoms with E-state index in [1.807, 2.05) is 50.4 Å². The van der Waals surface area contributed by atoms with Crippen molar-refractivity contribution in [1.82, 2.24) is 4.72 Å². The molecule has 0 aliphatic rings. The summed E-state index contributed by atoms with van der Waals surface area (Å²) in [5, 5.41) is 12.3. The zero-order chi connectivity index (χ0) is 20.3. The lowest BCUT2D eigenvalue weighted by Crippen LogP contribution is -2.23. The first-order valence-electron chi connectivity index (χ1n) is 8.85. The normalized spacial score (nSPS) is 12.9. The van der Waals surface area contributed by atoms with E-state index in [-0.39, 0.29) is 11.4 Å². The Hall–Kier alpha value is -1.71. The van der Waals surface area contributed by atoms with Crippen LogP contribution in [0.3, 0.4) is 0 Å². The van der Waals surface area contributed by atoms with E-state index in [1.54, 1.807) is 12.1 Å². The van der Waals surface area contributed by atoms with Crippen LogP contribution >= 0.6 is 22.7 Å². The van der Waals surface area contributed by atoms with E-state index >= 15 is 0 Å². The molecule has 0 saturated heterocycles. The number of thiophene rings is 2. The Bertz CT molecular complexity index is 1020. The molecule has 1 unspecified atom stereocenters. The van der Waals surface area contributed by atoms with E-state index in [0.29, 0.717) is 6.61 Å². The van der Waals surface area contributed by atoms with Crippen molar-refractivity contribution in [2.45, 2.75) is 38.3 Å². The SMILES string of the molecule is CCOc1c(C)cc(S(=O)(=O)NCc2ccc(C(O)c3cccs3)s2)cc1C. The predicted molar refractivity (Wildman–Crippen MR) is 114 cm³/mol. The molecule has 0 radical (unpaired) electrons. The zero-order valence-corrected chi connectivity index (χ0v) is 18.4. The second-order valence-corrected chi connectivity index (χ2v) is 10.3. The van der Waals surface area contributed by atoms with Crippen molar-refractivity contribution in [2.75, 3.05) is 6.61 Å². The number of nitrogens with one attached hydrogen (secondary N) is 1. The number of hydrogen-bond acceptors (Lipinski definition) is 6. The van der Waals surface area contributed by atoms with Crippen LogP contribution in [-0.2, 0) is 16.6 Å². The van der Waals surface area contributed by atoms with Crippen LogP contribution in [0.2, 0.25) is 0 Å². The predicted octanol–water partition coefficient (Wildman–Crippen LogP) is 4.39. The Morgan fingerprint density at radius 3 is 2.46 bits per heavy atom. The molecule has 2 N–H and O–H groups in total. The standard InChI is InChI=1S/C20H23NO4S3/c1-4-25-20-13(2)10-16(11-14(20)3)28(23,24)21-12-15-7-8-18(27-15)19(22)17-6-5-9-26-17/h5-11,19,21-22H,4,12H2,1-3H3. The fourth-order valence-corrected chi connectivity index (χ4v) is 5.94. The molecule has 8 heteroatoms. The summed E-state index contributed by atoms with van der Waals surface area (Å²) in [6.45, 7) is 6.29. The molecule has 0 bridgehead atoms. The van der Waals surface area contributed by atoms with E-state index in [0.717, 1.165) is 31.5 Å². The number of benzene rings is 1. The van der Waals surface area contributed by atoms with E-state index in [1.165, 1.54) is 22.7 Å². The van der Waals surface area contributed by atoms with Gasteiger partial charge in [0.1, 0.15) is 11.9 Å². The topological polar surface area (TPSA) is 75.6 Å². The van der Waals surface area contributed by atoms with Gasteiger partial charge in [-0.15, -0.1) is 22.7 Å². The Morgan fingerprint density at radius 1 is 1.14 bits per heavy atom. The fraction of sp³-hybridized carbons (Fsp3) is 0.300. The van der Waals surface area contributed by atoms with Gasteiger partial charge < -0.3 is 9.84 Å². The van der Waals surface area contributed by atoms with Gasteiger partial charge in [0.05, 0.1) is 11.5 Å². The Kier molecular flexibility index (Phi) is 6.57. The summed E-state index contributed by atoms with van der Waals surface area (Å²) in [5.74, 6) is 0.729. The van der Waals surface area contributed by atoms with Crippen LogP contribution in [-0.4, -0.2) is 20.1 Å². The van der Waals surface area contributed by atoms with E-state index in [9.17, 15) is 13.5 Å². The summed E-state index contributed by atoms with van der Waals surface area (Å²) >= 11 is 2.89. The van der Waals surface area contributed by atoms with Crippen LogP contribution in [0.25, 0.3) is 0 Å². The van der Waals surface area contributed by atoms with Gasteiger partial charge in [0.15, 0.2) is 0 Å². The van der Waals surface area contributed by atoms with Crippen LogP contribution in [0.15, 0.2) is 46.7 Å². The van der Waals surface area contributed by atoms with Crippen LogP contribution in [0.4, 0.5) is 0 Å². The van der Waals surface area contributed by atoms with Gasteiger partial charge in [0.2, 0.25) is 10.0 Å². The molecule has 2 heterocycles. The average molecular weight is 438 g/mol. The van der Waals surface area contributed by atoms with Gasteiger partial charge >= 0.3 is 0 Å². The summed E-state index contributed by atoms with van der Waals surface area (Å²) in [4.78, 5) is 2.73. The fourth-order valence-electron chi connectivity index (χ4n) is 2.91. The highest BCUT2D eigenvalue weighted by Crippen LogP contribution is 2.31. The molecule has 0 saturated carbocycles. The van der Waals surface area contributed by atoms with Crippen molar-refractivity contribution in [1.29, 1.82) is 0 Å². The van der Waals surface area contributed by atoms with Gasteiger partial charge in [-0.05, 0) is 67.6 Å². The minimum Gasteiger partial charge on any atom is -0.493 e. The lowest BCUT2D eigenvalue weighted by molar-refractivity contribution is 0.228. The number of aliphatic hydroxyl groups excluding tert-OH is 1. The Balaban J connectivity index is 1.72. The van der Waals surface area contributed by atoms with Crippen molar-refractivity contribution in [2.24, 2.45) is 0 Å². The van der Waals surface area contributed by atoms with Crippen LogP contribution in [0.5, 0.6) is 5.75 Å². The third-order valence-corrected chi connectivity index (χ3v) is 7.68. The van der Waals surface area contributed by atoms with E-state index in [4.69, 9.17) is 4.74 Å². The number of aryl methyl sites for hydroxylation is 2. The number of hydrogen-bond donors (Lipinski definition) is 2. The van der Waals surface area contributed by atoms with E-state index in [2.05, 4.69) is 4.72 Å². The highest BCUT2D eigenvalue weighted by Gasteiger charge is 2.19. The molecule has 0 aliphatic heterocycles. The number of sulfonamides is 1. The molecule has 0 aliphatic carbocycles. The van der Waals surface area contributed by atoms with Crippen molar-refractivity contribution < 1.29 is 18.3 Å². The molecule has 3 rings (SSSR count). The molecule has 0 fully saturated rings. The van der Waals surface area contributed by atoms with Crippen molar-refractivity contribution >= 4 is 32.7 Å².